The number of rotatable bonds is 5. The molecule has 0 spiro atoms. The predicted octanol–water partition coefficient (Wildman–Crippen LogP) is 6.16. The Balaban J connectivity index is 1.66. The van der Waals surface area contributed by atoms with Gasteiger partial charge in [0.1, 0.15) is 17.3 Å². The number of hydrogen-bond donors (Lipinski definition) is 0. The third-order valence-corrected chi connectivity index (χ3v) is 6.32. The minimum absolute atomic E-state index is 0.0455. The molecule has 156 valence electrons. The summed E-state index contributed by atoms with van der Waals surface area (Å²) >= 11 is 1.32. The molecule has 2 fully saturated rings. The summed E-state index contributed by atoms with van der Waals surface area (Å²) in [4.78, 5) is 20.2. The molecule has 2 aromatic carbocycles. The Kier molecular flexibility index (Phi) is 6.53. The van der Waals surface area contributed by atoms with Crippen molar-refractivity contribution in [2.24, 2.45) is 4.99 Å². The van der Waals surface area contributed by atoms with Crippen molar-refractivity contribution in [3.05, 3.63) is 64.8 Å². The monoisotopic (exact) mass is 424 g/mol. The summed E-state index contributed by atoms with van der Waals surface area (Å²) in [6, 6.07) is 14.2. The van der Waals surface area contributed by atoms with Gasteiger partial charge in [0.15, 0.2) is 5.17 Å². The highest BCUT2D eigenvalue weighted by Gasteiger charge is 2.38. The molecular weight excluding hydrogens is 399 g/mol. The largest absolute Gasteiger partial charge is 0.494 e. The van der Waals surface area contributed by atoms with E-state index in [0.717, 1.165) is 37.0 Å². The molecule has 1 saturated carbocycles. The van der Waals surface area contributed by atoms with Gasteiger partial charge in [-0.3, -0.25) is 9.69 Å². The topological polar surface area (TPSA) is 41.9 Å². The standard InChI is InChI=1S/C24H25FN2O2S/c1-2-29-19-14-12-17(13-15-19)16-22-23(28)27(18-8-4-3-5-9-18)24(30-22)26-21-11-7-6-10-20(21)25/h6-7,10-16,18H,2-5,8-9H2,1H3/b22-16-,26-24?. The van der Waals surface area contributed by atoms with Gasteiger partial charge >= 0.3 is 0 Å². The molecule has 4 nitrogen and oxygen atoms in total. The minimum atomic E-state index is -0.384. The van der Waals surface area contributed by atoms with Crippen molar-refractivity contribution < 1.29 is 13.9 Å². The Morgan fingerprint density at radius 1 is 1.13 bits per heavy atom. The second-order valence-electron chi connectivity index (χ2n) is 7.43. The Labute approximate surface area is 180 Å². The summed E-state index contributed by atoms with van der Waals surface area (Å²) in [5.41, 5.74) is 1.18. The molecule has 2 aliphatic rings. The molecule has 0 atom stereocenters. The van der Waals surface area contributed by atoms with Crippen LogP contribution in [0.2, 0.25) is 0 Å². The van der Waals surface area contributed by atoms with Crippen LogP contribution in [0.15, 0.2) is 58.4 Å². The molecule has 0 aromatic heterocycles. The number of amidine groups is 1. The number of ether oxygens (including phenoxy) is 1. The van der Waals surface area contributed by atoms with E-state index in [0.29, 0.717) is 16.7 Å². The van der Waals surface area contributed by atoms with Gasteiger partial charge in [0.2, 0.25) is 0 Å². The highest BCUT2D eigenvalue weighted by atomic mass is 32.2. The summed E-state index contributed by atoms with van der Waals surface area (Å²) in [5, 5.41) is 0.564. The van der Waals surface area contributed by atoms with Crippen LogP contribution in [0.1, 0.15) is 44.6 Å². The third kappa shape index (κ3) is 4.59. The maximum absolute atomic E-state index is 14.2. The molecule has 0 N–H and O–H groups in total. The molecule has 0 bridgehead atoms. The zero-order valence-electron chi connectivity index (χ0n) is 17.0. The quantitative estimate of drug-likeness (QED) is 0.540. The number of benzene rings is 2. The van der Waals surface area contributed by atoms with Gasteiger partial charge in [-0.15, -0.1) is 0 Å². The first-order valence-corrected chi connectivity index (χ1v) is 11.3. The van der Waals surface area contributed by atoms with Crippen LogP contribution in [-0.4, -0.2) is 28.6 Å². The fourth-order valence-corrected chi connectivity index (χ4v) is 4.90. The zero-order chi connectivity index (χ0) is 20.9. The molecule has 0 unspecified atom stereocenters. The van der Waals surface area contributed by atoms with Gasteiger partial charge in [0, 0.05) is 6.04 Å². The van der Waals surface area contributed by atoms with Crippen LogP contribution in [0.4, 0.5) is 10.1 Å². The van der Waals surface area contributed by atoms with E-state index in [1.54, 1.807) is 23.1 Å². The van der Waals surface area contributed by atoms with Crippen molar-refractivity contribution in [1.82, 2.24) is 4.90 Å². The van der Waals surface area contributed by atoms with Crippen LogP contribution in [0, 0.1) is 5.82 Å². The number of hydrogen-bond acceptors (Lipinski definition) is 4. The fraction of sp³-hybridized carbons (Fsp3) is 0.333. The highest BCUT2D eigenvalue weighted by molar-refractivity contribution is 8.18. The maximum atomic E-state index is 14.2. The van der Waals surface area contributed by atoms with Crippen molar-refractivity contribution in [3.8, 4) is 5.75 Å². The molecule has 4 rings (SSSR count). The van der Waals surface area contributed by atoms with E-state index in [1.807, 2.05) is 37.3 Å². The number of thioether (sulfide) groups is 1. The van der Waals surface area contributed by atoms with Gasteiger partial charge in [-0.2, -0.15) is 0 Å². The van der Waals surface area contributed by atoms with E-state index in [1.165, 1.54) is 24.2 Å². The molecule has 1 saturated heterocycles. The molecule has 1 amide bonds. The van der Waals surface area contributed by atoms with E-state index in [4.69, 9.17) is 4.74 Å². The van der Waals surface area contributed by atoms with Crippen molar-refractivity contribution in [3.63, 3.8) is 0 Å². The van der Waals surface area contributed by atoms with Crippen LogP contribution in [0.5, 0.6) is 5.75 Å². The summed E-state index contributed by atoms with van der Waals surface area (Å²) in [6.45, 7) is 2.56. The SMILES string of the molecule is CCOc1ccc(/C=C2\SC(=Nc3ccccc3F)N(C3CCCCC3)C2=O)cc1. The molecule has 0 radical (unpaired) electrons. The second-order valence-corrected chi connectivity index (χ2v) is 8.43. The van der Waals surface area contributed by atoms with Crippen molar-refractivity contribution in [2.75, 3.05) is 6.61 Å². The molecule has 1 heterocycles. The average molecular weight is 425 g/mol. The lowest BCUT2D eigenvalue weighted by atomic mass is 9.94. The Morgan fingerprint density at radius 3 is 2.57 bits per heavy atom. The molecule has 1 aliphatic heterocycles. The van der Waals surface area contributed by atoms with Gasteiger partial charge in [0.25, 0.3) is 5.91 Å². The number of carbonyl (C=O) groups is 1. The van der Waals surface area contributed by atoms with Gasteiger partial charge in [-0.05, 0) is 67.4 Å². The van der Waals surface area contributed by atoms with Crippen LogP contribution in [0.25, 0.3) is 6.08 Å². The number of nitrogens with zero attached hydrogens (tertiary/aromatic N) is 2. The van der Waals surface area contributed by atoms with Crippen molar-refractivity contribution in [2.45, 2.75) is 45.1 Å². The number of aliphatic imine (C=N–C) groups is 1. The number of para-hydroxylation sites is 1. The van der Waals surface area contributed by atoms with Gasteiger partial charge in [-0.1, -0.05) is 43.5 Å². The van der Waals surface area contributed by atoms with Gasteiger partial charge < -0.3 is 4.74 Å². The average Bonchev–Trinajstić information content (AvgIpc) is 3.06. The summed E-state index contributed by atoms with van der Waals surface area (Å²) in [7, 11) is 0. The Hall–Kier alpha value is -2.60. The fourth-order valence-electron chi connectivity index (χ4n) is 3.85. The van der Waals surface area contributed by atoms with E-state index in [2.05, 4.69) is 4.99 Å². The van der Waals surface area contributed by atoms with E-state index in [-0.39, 0.29) is 23.5 Å². The number of amides is 1. The van der Waals surface area contributed by atoms with Crippen LogP contribution < -0.4 is 4.74 Å². The molecule has 30 heavy (non-hydrogen) atoms. The lowest BCUT2D eigenvalue weighted by Crippen LogP contribution is -2.40. The first-order chi connectivity index (χ1) is 14.7. The molecular formula is C24H25FN2O2S. The van der Waals surface area contributed by atoms with E-state index in [9.17, 15) is 9.18 Å². The number of halogens is 1. The minimum Gasteiger partial charge on any atom is -0.494 e. The van der Waals surface area contributed by atoms with Gasteiger partial charge in [0.05, 0.1) is 11.5 Å². The Bertz CT molecular complexity index is 965. The maximum Gasteiger partial charge on any atom is 0.267 e. The lowest BCUT2D eigenvalue weighted by Gasteiger charge is -2.30. The predicted molar refractivity (Wildman–Crippen MR) is 120 cm³/mol. The smallest absolute Gasteiger partial charge is 0.267 e. The molecule has 6 heteroatoms. The third-order valence-electron chi connectivity index (χ3n) is 5.33. The van der Waals surface area contributed by atoms with E-state index >= 15 is 0 Å². The van der Waals surface area contributed by atoms with Crippen molar-refractivity contribution >= 4 is 34.6 Å². The highest BCUT2D eigenvalue weighted by Crippen LogP contribution is 2.38. The van der Waals surface area contributed by atoms with Crippen LogP contribution in [-0.2, 0) is 4.79 Å². The van der Waals surface area contributed by atoms with Gasteiger partial charge in [-0.25, -0.2) is 9.38 Å². The van der Waals surface area contributed by atoms with Crippen LogP contribution >= 0.6 is 11.8 Å². The number of carbonyl (C=O) groups excluding carboxylic acids is 1. The zero-order valence-corrected chi connectivity index (χ0v) is 17.8. The normalized spacial score (nSPS) is 20.3. The summed E-state index contributed by atoms with van der Waals surface area (Å²) < 4.78 is 19.7. The van der Waals surface area contributed by atoms with Crippen molar-refractivity contribution in [1.29, 1.82) is 0 Å². The molecule has 2 aromatic rings. The molecule has 1 aliphatic carbocycles. The summed E-state index contributed by atoms with van der Waals surface area (Å²) in [5.74, 6) is 0.372. The van der Waals surface area contributed by atoms with Crippen LogP contribution in [0.3, 0.4) is 0 Å². The summed E-state index contributed by atoms with van der Waals surface area (Å²) in [6.07, 6.45) is 7.19. The second kappa shape index (κ2) is 9.47. The Morgan fingerprint density at radius 2 is 1.87 bits per heavy atom. The van der Waals surface area contributed by atoms with E-state index < -0.39 is 0 Å². The first kappa shape index (κ1) is 20.7. The first-order valence-electron chi connectivity index (χ1n) is 10.4. The lowest BCUT2D eigenvalue weighted by molar-refractivity contribution is -0.124.